The molecule has 0 aliphatic heterocycles. The first-order valence-corrected chi connectivity index (χ1v) is 7.87. The van der Waals surface area contributed by atoms with Gasteiger partial charge in [0.2, 0.25) is 0 Å². The number of benzene rings is 3. The molecule has 0 aliphatic rings. The monoisotopic (exact) mass is 333 g/mol. The molecule has 1 aromatic heterocycles. The van der Waals surface area contributed by atoms with Crippen molar-refractivity contribution in [2.75, 3.05) is 0 Å². The Balaban J connectivity index is 2.35. The van der Waals surface area contributed by atoms with E-state index in [0.717, 1.165) is 10.8 Å². The number of aromatic nitrogens is 1. The summed E-state index contributed by atoms with van der Waals surface area (Å²) in [5.74, 6) is 0. The van der Waals surface area contributed by atoms with Gasteiger partial charge in [0.15, 0.2) is 0 Å². The van der Waals surface area contributed by atoms with Crippen molar-refractivity contribution in [2.45, 2.75) is 0 Å². The molecule has 0 unspecified atom stereocenters. The van der Waals surface area contributed by atoms with Gasteiger partial charge in [-0.25, -0.2) is 4.57 Å². The Labute approximate surface area is 142 Å². The van der Waals surface area contributed by atoms with Crippen LogP contribution in [0.4, 0.5) is 0 Å². The molecule has 0 N–H and O–H groups in total. The van der Waals surface area contributed by atoms with E-state index in [-0.39, 0.29) is 11.1 Å². The molecule has 4 aromatic rings. The average molecular weight is 334 g/mol. The highest BCUT2D eigenvalue weighted by atomic mass is 35.5. The number of nitrogens with zero attached hydrogens (tertiary/aromatic N) is 1. The Morgan fingerprint density at radius 2 is 1.12 bits per heavy atom. The fraction of sp³-hybridized carbons (Fsp3) is 0. The lowest BCUT2D eigenvalue weighted by atomic mass is 10.1. The average Bonchev–Trinajstić information content (AvgIpc) is 2.70. The smallest absolute Gasteiger partial charge is 0.265 e. The quantitative estimate of drug-likeness (QED) is 0.524. The number of halogens is 1. The van der Waals surface area contributed by atoms with Gasteiger partial charge in [-0.2, -0.15) is 0 Å². The second kappa shape index (κ2) is 5.62. The first-order chi connectivity index (χ1) is 11.7. The highest BCUT2D eigenvalue weighted by Crippen LogP contribution is 2.20. The summed E-state index contributed by atoms with van der Waals surface area (Å²) in [6, 6.07) is 21.3. The SMILES string of the molecule is O=c1c2ccccc2c2ccccc2c(=O)n1-c1cccc(Cl)c1. The number of hydrogen-bond donors (Lipinski definition) is 0. The fourth-order valence-electron chi connectivity index (χ4n) is 2.99. The van der Waals surface area contributed by atoms with Crippen LogP contribution in [0, 0.1) is 0 Å². The summed E-state index contributed by atoms with van der Waals surface area (Å²) in [6.07, 6.45) is 0. The fourth-order valence-corrected chi connectivity index (χ4v) is 3.18. The van der Waals surface area contributed by atoms with Crippen LogP contribution >= 0.6 is 11.6 Å². The van der Waals surface area contributed by atoms with E-state index in [1.165, 1.54) is 4.57 Å². The molecule has 3 aromatic carbocycles. The van der Waals surface area contributed by atoms with E-state index in [2.05, 4.69) is 0 Å². The molecular formula is C20H12ClNO2. The van der Waals surface area contributed by atoms with Gasteiger partial charge in [-0.15, -0.1) is 0 Å². The molecule has 0 atom stereocenters. The predicted molar refractivity (Wildman–Crippen MR) is 98.3 cm³/mol. The van der Waals surface area contributed by atoms with Crippen molar-refractivity contribution in [1.29, 1.82) is 0 Å². The highest BCUT2D eigenvalue weighted by molar-refractivity contribution is 6.30. The van der Waals surface area contributed by atoms with Crippen molar-refractivity contribution in [3.05, 3.63) is 98.5 Å². The second-order valence-electron chi connectivity index (χ2n) is 5.52. The molecule has 0 aliphatic carbocycles. The molecule has 4 rings (SSSR count). The van der Waals surface area contributed by atoms with Crippen LogP contribution in [-0.2, 0) is 0 Å². The van der Waals surface area contributed by atoms with E-state index >= 15 is 0 Å². The van der Waals surface area contributed by atoms with Crippen molar-refractivity contribution >= 4 is 33.1 Å². The summed E-state index contributed by atoms with van der Waals surface area (Å²) in [7, 11) is 0. The minimum atomic E-state index is -0.353. The molecule has 0 bridgehead atoms. The summed E-state index contributed by atoms with van der Waals surface area (Å²) in [5, 5.41) is 2.98. The summed E-state index contributed by atoms with van der Waals surface area (Å²) >= 11 is 6.05. The maximum atomic E-state index is 13.1. The van der Waals surface area contributed by atoms with Gasteiger partial charge in [0.1, 0.15) is 0 Å². The Morgan fingerprint density at radius 1 is 0.625 bits per heavy atom. The van der Waals surface area contributed by atoms with Crippen LogP contribution in [0.2, 0.25) is 5.02 Å². The Kier molecular flexibility index (Phi) is 3.44. The van der Waals surface area contributed by atoms with E-state index in [4.69, 9.17) is 11.6 Å². The lowest BCUT2D eigenvalue weighted by Gasteiger charge is -2.03. The molecule has 0 amide bonds. The molecule has 4 heteroatoms. The summed E-state index contributed by atoms with van der Waals surface area (Å²) in [4.78, 5) is 26.2. The molecule has 24 heavy (non-hydrogen) atoms. The Bertz CT molecular complexity index is 1140. The van der Waals surface area contributed by atoms with Gasteiger partial charge in [0.25, 0.3) is 11.1 Å². The predicted octanol–water partition coefficient (Wildman–Crippen LogP) is 4.16. The number of hydrogen-bond acceptors (Lipinski definition) is 2. The molecular weight excluding hydrogens is 322 g/mol. The van der Waals surface area contributed by atoms with E-state index in [1.807, 2.05) is 24.3 Å². The third kappa shape index (κ3) is 2.22. The molecule has 0 radical (unpaired) electrons. The lowest BCUT2D eigenvalue weighted by Crippen LogP contribution is -2.28. The van der Waals surface area contributed by atoms with Crippen molar-refractivity contribution in [3.63, 3.8) is 0 Å². The van der Waals surface area contributed by atoms with E-state index in [0.29, 0.717) is 21.5 Å². The maximum Gasteiger partial charge on any atom is 0.265 e. The molecule has 3 nitrogen and oxygen atoms in total. The van der Waals surface area contributed by atoms with E-state index in [9.17, 15) is 9.59 Å². The molecule has 0 saturated heterocycles. The van der Waals surface area contributed by atoms with Crippen molar-refractivity contribution in [3.8, 4) is 5.69 Å². The third-order valence-corrected chi connectivity index (χ3v) is 4.31. The molecule has 0 saturated carbocycles. The number of rotatable bonds is 1. The first kappa shape index (κ1) is 14.7. The zero-order valence-corrected chi connectivity index (χ0v) is 13.3. The van der Waals surface area contributed by atoms with Gasteiger partial charge in [-0.1, -0.05) is 54.1 Å². The Morgan fingerprint density at radius 3 is 1.62 bits per heavy atom. The van der Waals surface area contributed by atoms with Gasteiger partial charge >= 0.3 is 0 Å². The van der Waals surface area contributed by atoms with Gasteiger partial charge in [0.05, 0.1) is 5.69 Å². The second-order valence-corrected chi connectivity index (χ2v) is 5.95. The molecule has 0 fully saturated rings. The van der Waals surface area contributed by atoms with Crippen LogP contribution in [-0.4, -0.2) is 4.57 Å². The molecule has 116 valence electrons. The standard InChI is InChI=1S/C20H12ClNO2/c21-13-6-5-7-14(12-13)22-19(23)17-10-3-1-8-15(17)16-9-2-4-11-18(16)20(22)24/h1-12H. The van der Waals surface area contributed by atoms with Crippen molar-refractivity contribution < 1.29 is 0 Å². The van der Waals surface area contributed by atoms with Gasteiger partial charge in [-0.05, 0) is 41.1 Å². The highest BCUT2D eigenvalue weighted by Gasteiger charge is 2.12. The van der Waals surface area contributed by atoms with Crippen molar-refractivity contribution in [2.24, 2.45) is 0 Å². The maximum absolute atomic E-state index is 13.1. The Hall–Kier alpha value is -2.91. The van der Waals surface area contributed by atoms with Crippen LogP contribution in [0.25, 0.3) is 27.2 Å². The summed E-state index contributed by atoms with van der Waals surface area (Å²) in [5.41, 5.74) is -0.243. The lowest BCUT2D eigenvalue weighted by molar-refractivity contribution is 0.976. The van der Waals surface area contributed by atoms with Gasteiger partial charge in [-0.3, -0.25) is 9.59 Å². The molecule has 0 spiro atoms. The number of fused-ring (bicyclic) bond motifs is 3. The topological polar surface area (TPSA) is 39.1 Å². The minimum absolute atomic E-state index is 0.353. The van der Waals surface area contributed by atoms with Crippen LogP contribution < -0.4 is 11.1 Å². The summed E-state index contributed by atoms with van der Waals surface area (Å²) < 4.78 is 1.19. The van der Waals surface area contributed by atoms with Gasteiger partial charge < -0.3 is 0 Å². The van der Waals surface area contributed by atoms with E-state index in [1.54, 1.807) is 48.5 Å². The zero-order valence-electron chi connectivity index (χ0n) is 12.6. The van der Waals surface area contributed by atoms with Crippen LogP contribution in [0.15, 0.2) is 82.4 Å². The first-order valence-electron chi connectivity index (χ1n) is 7.49. The minimum Gasteiger partial charge on any atom is -0.268 e. The van der Waals surface area contributed by atoms with Crippen LogP contribution in [0.5, 0.6) is 0 Å². The summed E-state index contributed by atoms with van der Waals surface area (Å²) in [6.45, 7) is 0. The zero-order chi connectivity index (χ0) is 16.7. The van der Waals surface area contributed by atoms with Crippen LogP contribution in [0.3, 0.4) is 0 Å². The largest absolute Gasteiger partial charge is 0.268 e. The van der Waals surface area contributed by atoms with E-state index < -0.39 is 0 Å². The van der Waals surface area contributed by atoms with Crippen LogP contribution in [0.1, 0.15) is 0 Å². The van der Waals surface area contributed by atoms with Gasteiger partial charge in [0, 0.05) is 15.8 Å². The third-order valence-electron chi connectivity index (χ3n) is 4.08. The normalized spacial score (nSPS) is 11.0. The molecule has 1 heterocycles. The van der Waals surface area contributed by atoms with Crippen molar-refractivity contribution in [1.82, 2.24) is 4.57 Å².